The van der Waals surface area contributed by atoms with E-state index in [1.807, 2.05) is 6.61 Å². The van der Waals surface area contributed by atoms with E-state index in [1.165, 1.54) is 205 Å². The fraction of sp³-hybridized carbons (Fsp3) is 0.974. The van der Waals surface area contributed by atoms with Gasteiger partial charge in [0, 0.05) is 13.2 Å². The average Bonchev–Trinajstić information content (AvgIpc) is 2.98. The van der Waals surface area contributed by atoms with Crippen LogP contribution < -0.4 is 0 Å². The van der Waals surface area contributed by atoms with Crippen molar-refractivity contribution in [3.8, 4) is 0 Å². The second kappa shape index (κ2) is 37.9. The predicted molar refractivity (Wildman–Crippen MR) is 185 cm³/mol. The third-order valence-electron chi connectivity index (χ3n) is 8.78. The van der Waals surface area contributed by atoms with Crippen LogP contribution in [0.1, 0.15) is 226 Å². The molecule has 0 aromatic heterocycles. The van der Waals surface area contributed by atoms with E-state index < -0.39 is 0 Å². The minimum absolute atomic E-state index is 0.118. The summed E-state index contributed by atoms with van der Waals surface area (Å²) in [6, 6.07) is 0. The van der Waals surface area contributed by atoms with Gasteiger partial charge in [-0.2, -0.15) is 0 Å². The minimum Gasteiger partial charge on any atom is -0.376 e. The van der Waals surface area contributed by atoms with Gasteiger partial charge in [-0.3, -0.25) is 0 Å². The van der Waals surface area contributed by atoms with Crippen molar-refractivity contribution in [2.24, 2.45) is 0 Å². The highest BCUT2D eigenvalue weighted by molar-refractivity contribution is 4.62. The van der Waals surface area contributed by atoms with E-state index in [0.29, 0.717) is 0 Å². The molecule has 0 bridgehead atoms. The second-order valence-corrected chi connectivity index (χ2v) is 13.2. The monoisotopic (exact) mass is 580 g/mol. The smallest absolute Gasteiger partial charge is 0.112 e. The van der Waals surface area contributed by atoms with Gasteiger partial charge in [0.1, 0.15) is 6.61 Å². The molecule has 2 heteroatoms. The Bertz CT molecular complexity index is 437. The summed E-state index contributed by atoms with van der Waals surface area (Å²) in [5, 5.41) is 0. The fourth-order valence-corrected chi connectivity index (χ4v) is 5.90. The van der Waals surface area contributed by atoms with Crippen molar-refractivity contribution < 1.29 is 9.47 Å². The first-order valence-electron chi connectivity index (χ1n) is 19.4. The molecule has 0 saturated carbocycles. The van der Waals surface area contributed by atoms with Gasteiger partial charge in [-0.1, -0.05) is 206 Å². The fourth-order valence-electron chi connectivity index (χ4n) is 5.90. The summed E-state index contributed by atoms with van der Waals surface area (Å²) in [6.45, 7) is 10.4. The third kappa shape index (κ3) is 37.9. The first kappa shape index (κ1) is 40.9. The molecule has 2 nitrogen and oxygen atoms in total. The van der Waals surface area contributed by atoms with E-state index in [1.54, 1.807) is 0 Å². The molecule has 1 radical (unpaired) electrons. The van der Waals surface area contributed by atoms with Gasteiger partial charge in [0.15, 0.2) is 0 Å². The van der Waals surface area contributed by atoms with Crippen LogP contribution in [0.3, 0.4) is 0 Å². The van der Waals surface area contributed by atoms with E-state index in [9.17, 15) is 0 Å². The zero-order valence-corrected chi connectivity index (χ0v) is 29.0. The van der Waals surface area contributed by atoms with Crippen LogP contribution in [0, 0.1) is 6.61 Å². The number of unbranched alkanes of at least 4 members (excludes halogenated alkanes) is 30. The van der Waals surface area contributed by atoms with E-state index in [4.69, 9.17) is 9.47 Å². The maximum atomic E-state index is 5.91. The van der Waals surface area contributed by atoms with Crippen LogP contribution in [-0.2, 0) is 9.47 Å². The highest BCUT2D eigenvalue weighted by Crippen LogP contribution is 2.15. The summed E-state index contributed by atoms with van der Waals surface area (Å²) in [6.07, 6.45) is 45.3. The van der Waals surface area contributed by atoms with Crippen molar-refractivity contribution >= 4 is 0 Å². The lowest BCUT2D eigenvalue weighted by molar-refractivity contribution is 0.0302. The molecule has 41 heavy (non-hydrogen) atoms. The standard InChI is InChI=1S/C39H79O2/c1-4-6-8-10-12-14-16-18-20-22-24-26-28-30-32-34-36-40-38-39(3)41-37-35-33-31-29-27-25-23-21-19-17-15-13-11-9-7-5-2/h38-39H,4-37H2,1-3H3. The van der Waals surface area contributed by atoms with Crippen molar-refractivity contribution in [3.63, 3.8) is 0 Å². The molecule has 0 N–H and O–H groups in total. The highest BCUT2D eigenvalue weighted by atomic mass is 16.5. The van der Waals surface area contributed by atoms with Gasteiger partial charge in [-0.25, -0.2) is 0 Å². The second-order valence-electron chi connectivity index (χ2n) is 13.2. The van der Waals surface area contributed by atoms with Crippen molar-refractivity contribution in [1.29, 1.82) is 0 Å². The third-order valence-corrected chi connectivity index (χ3v) is 8.78. The van der Waals surface area contributed by atoms with Crippen LogP contribution in [0.25, 0.3) is 0 Å². The van der Waals surface area contributed by atoms with Crippen molar-refractivity contribution in [3.05, 3.63) is 6.61 Å². The maximum Gasteiger partial charge on any atom is 0.112 e. The Hall–Kier alpha value is -0.0800. The van der Waals surface area contributed by atoms with Crippen LogP contribution in [0.2, 0.25) is 0 Å². The Labute approximate surface area is 261 Å². The largest absolute Gasteiger partial charge is 0.376 e. The molecule has 0 fully saturated rings. The molecular weight excluding hydrogens is 500 g/mol. The van der Waals surface area contributed by atoms with Gasteiger partial charge in [-0.05, 0) is 19.8 Å². The molecule has 0 amide bonds. The molecule has 0 aliphatic heterocycles. The Morgan fingerprint density at radius 3 is 0.878 bits per heavy atom. The van der Waals surface area contributed by atoms with Crippen LogP contribution in [-0.4, -0.2) is 19.3 Å². The quantitative estimate of drug-likeness (QED) is 0.0681. The van der Waals surface area contributed by atoms with Crippen LogP contribution in [0.4, 0.5) is 0 Å². The Balaban J connectivity index is 3.13. The maximum absolute atomic E-state index is 5.91. The van der Waals surface area contributed by atoms with E-state index in [-0.39, 0.29) is 6.10 Å². The minimum atomic E-state index is 0.118. The Morgan fingerprint density at radius 2 is 0.585 bits per heavy atom. The summed E-state index contributed by atoms with van der Waals surface area (Å²) in [5.41, 5.74) is 0. The van der Waals surface area contributed by atoms with Crippen LogP contribution >= 0.6 is 0 Å². The normalized spacial score (nSPS) is 12.4. The number of hydrogen-bond acceptors (Lipinski definition) is 2. The van der Waals surface area contributed by atoms with Crippen molar-refractivity contribution in [1.82, 2.24) is 0 Å². The topological polar surface area (TPSA) is 18.5 Å². The number of rotatable bonds is 37. The van der Waals surface area contributed by atoms with Crippen molar-refractivity contribution in [2.45, 2.75) is 232 Å². The molecule has 1 atom stereocenters. The lowest BCUT2D eigenvalue weighted by Gasteiger charge is -2.13. The van der Waals surface area contributed by atoms with Crippen LogP contribution in [0.15, 0.2) is 0 Å². The van der Waals surface area contributed by atoms with Gasteiger partial charge in [-0.15, -0.1) is 0 Å². The van der Waals surface area contributed by atoms with E-state index in [2.05, 4.69) is 20.8 Å². The Morgan fingerprint density at radius 1 is 0.341 bits per heavy atom. The van der Waals surface area contributed by atoms with Gasteiger partial charge < -0.3 is 9.47 Å². The molecule has 0 saturated heterocycles. The summed E-state index contributed by atoms with van der Waals surface area (Å²) in [5.74, 6) is 0. The number of hydrogen-bond donors (Lipinski definition) is 0. The number of ether oxygens (including phenoxy) is 2. The molecule has 0 aliphatic carbocycles. The van der Waals surface area contributed by atoms with Gasteiger partial charge in [0.2, 0.25) is 0 Å². The summed E-state index contributed by atoms with van der Waals surface area (Å²) >= 11 is 0. The lowest BCUT2D eigenvalue weighted by atomic mass is 10.0. The molecule has 0 heterocycles. The molecule has 247 valence electrons. The van der Waals surface area contributed by atoms with Gasteiger partial charge >= 0.3 is 0 Å². The molecule has 0 aromatic carbocycles. The van der Waals surface area contributed by atoms with E-state index >= 15 is 0 Å². The molecule has 1 unspecified atom stereocenters. The Kier molecular flexibility index (Phi) is 37.9. The first-order valence-corrected chi connectivity index (χ1v) is 19.4. The average molecular weight is 580 g/mol. The SMILES string of the molecule is CCCCCCCCCCCCCCCCCCO[CH]C(C)OCCCCCCCCCCCCCCCCCC. The van der Waals surface area contributed by atoms with Crippen molar-refractivity contribution in [2.75, 3.05) is 13.2 Å². The van der Waals surface area contributed by atoms with Gasteiger partial charge in [0.05, 0.1) is 6.10 Å². The summed E-state index contributed by atoms with van der Waals surface area (Å²) < 4.78 is 11.7. The molecular formula is C39H79O2. The highest BCUT2D eigenvalue weighted by Gasteiger charge is 2.03. The molecule has 0 rings (SSSR count). The van der Waals surface area contributed by atoms with E-state index in [0.717, 1.165) is 13.2 Å². The summed E-state index contributed by atoms with van der Waals surface area (Å²) in [4.78, 5) is 0. The molecule has 0 spiro atoms. The lowest BCUT2D eigenvalue weighted by Crippen LogP contribution is -2.12. The summed E-state index contributed by atoms with van der Waals surface area (Å²) in [7, 11) is 0. The first-order chi connectivity index (χ1) is 20.3. The molecule has 0 aromatic rings. The van der Waals surface area contributed by atoms with Crippen LogP contribution in [0.5, 0.6) is 0 Å². The molecule has 0 aliphatic rings. The van der Waals surface area contributed by atoms with Gasteiger partial charge in [0.25, 0.3) is 0 Å². The zero-order chi connectivity index (χ0) is 29.7. The predicted octanol–water partition coefficient (Wildman–Crippen LogP) is 14.1. The zero-order valence-electron chi connectivity index (χ0n) is 29.0.